The van der Waals surface area contributed by atoms with Gasteiger partial charge < -0.3 is 5.32 Å². The number of fused-ring (bicyclic) bond motifs is 1. The lowest BCUT2D eigenvalue weighted by Crippen LogP contribution is -2.27. The van der Waals surface area contributed by atoms with E-state index in [2.05, 4.69) is 69.6 Å². The van der Waals surface area contributed by atoms with Crippen molar-refractivity contribution in [1.29, 1.82) is 0 Å². The summed E-state index contributed by atoms with van der Waals surface area (Å²) < 4.78 is 1.12. The topological polar surface area (TPSA) is 24.4 Å². The van der Waals surface area contributed by atoms with Gasteiger partial charge in [0.2, 0.25) is 0 Å². The molecule has 0 radical (unpaired) electrons. The number of amidine groups is 1. The Morgan fingerprint density at radius 1 is 1.24 bits per heavy atom. The number of nitrogens with zero attached hydrogens (tertiary/aromatic N) is 1. The molecule has 2 aromatic carbocycles. The second kappa shape index (κ2) is 4.15. The van der Waals surface area contributed by atoms with Crippen molar-refractivity contribution in [2.45, 2.75) is 13.0 Å². The zero-order valence-electron chi connectivity index (χ0n) is 9.57. The molecule has 0 amide bonds. The fourth-order valence-corrected chi connectivity index (χ4v) is 2.81. The number of nitrogens with one attached hydrogen (secondary N) is 1. The zero-order chi connectivity index (χ0) is 11.8. The minimum absolute atomic E-state index is 0.434. The third kappa shape index (κ3) is 1.84. The molecule has 17 heavy (non-hydrogen) atoms. The zero-order valence-corrected chi connectivity index (χ0v) is 11.2. The van der Waals surface area contributed by atoms with Crippen molar-refractivity contribution in [3.63, 3.8) is 0 Å². The summed E-state index contributed by atoms with van der Waals surface area (Å²) in [7, 11) is 0. The van der Waals surface area contributed by atoms with Gasteiger partial charge in [0.1, 0.15) is 5.84 Å². The first kappa shape index (κ1) is 10.8. The van der Waals surface area contributed by atoms with Crippen molar-refractivity contribution in [3.05, 3.63) is 46.4 Å². The van der Waals surface area contributed by atoms with Crippen molar-refractivity contribution in [3.8, 4) is 0 Å². The molecule has 1 N–H and O–H groups in total. The maximum Gasteiger partial charge on any atom is 0.129 e. The van der Waals surface area contributed by atoms with Gasteiger partial charge in [-0.15, -0.1) is 0 Å². The number of hydrogen-bond acceptors (Lipinski definition) is 2. The lowest BCUT2D eigenvalue weighted by Gasteiger charge is -2.10. The molecule has 3 heteroatoms. The van der Waals surface area contributed by atoms with Crippen LogP contribution in [-0.4, -0.2) is 18.4 Å². The van der Waals surface area contributed by atoms with Crippen LogP contribution in [0.1, 0.15) is 12.5 Å². The first-order valence-corrected chi connectivity index (χ1v) is 6.53. The van der Waals surface area contributed by atoms with Crippen LogP contribution in [0, 0.1) is 0 Å². The van der Waals surface area contributed by atoms with E-state index in [4.69, 9.17) is 0 Å². The Bertz CT molecular complexity index is 604. The maximum absolute atomic E-state index is 4.53. The van der Waals surface area contributed by atoms with E-state index in [0.717, 1.165) is 22.4 Å². The van der Waals surface area contributed by atoms with Crippen molar-refractivity contribution in [2.75, 3.05) is 6.54 Å². The van der Waals surface area contributed by atoms with E-state index in [1.165, 1.54) is 10.8 Å². The molecule has 1 unspecified atom stereocenters. The summed E-state index contributed by atoms with van der Waals surface area (Å²) in [6.07, 6.45) is 0. The van der Waals surface area contributed by atoms with Crippen LogP contribution < -0.4 is 5.32 Å². The smallest absolute Gasteiger partial charge is 0.129 e. The third-order valence-electron chi connectivity index (χ3n) is 3.02. The highest BCUT2D eigenvalue weighted by molar-refractivity contribution is 9.10. The van der Waals surface area contributed by atoms with Gasteiger partial charge in [0.05, 0.1) is 6.54 Å². The van der Waals surface area contributed by atoms with E-state index < -0.39 is 0 Å². The van der Waals surface area contributed by atoms with Crippen LogP contribution in [0.25, 0.3) is 10.8 Å². The molecule has 0 aromatic heterocycles. The molecule has 1 aliphatic heterocycles. The Labute approximate surface area is 109 Å². The Kier molecular flexibility index (Phi) is 2.63. The molecule has 1 aliphatic rings. The average Bonchev–Trinajstić information content (AvgIpc) is 2.77. The molecular formula is C14H13BrN2. The van der Waals surface area contributed by atoms with Crippen LogP contribution >= 0.6 is 15.9 Å². The van der Waals surface area contributed by atoms with Gasteiger partial charge in [0, 0.05) is 16.1 Å². The Balaban J connectivity index is 2.15. The van der Waals surface area contributed by atoms with Gasteiger partial charge in [0.15, 0.2) is 0 Å². The lowest BCUT2D eigenvalue weighted by atomic mass is 10.1. The second-order valence-electron chi connectivity index (χ2n) is 4.38. The highest BCUT2D eigenvalue weighted by Gasteiger charge is 2.17. The molecule has 2 nitrogen and oxygen atoms in total. The van der Waals surface area contributed by atoms with E-state index in [9.17, 15) is 0 Å². The lowest BCUT2D eigenvalue weighted by molar-refractivity contribution is 0.726. The SMILES string of the molecule is CC1CN=C(c2ccc3ccccc3c2Br)N1. The van der Waals surface area contributed by atoms with E-state index in [-0.39, 0.29) is 0 Å². The minimum atomic E-state index is 0.434. The number of hydrogen-bond donors (Lipinski definition) is 1. The summed E-state index contributed by atoms with van der Waals surface area (Å²) in [5.41, 5.74) is 1.15. The summed E-state index contributed by atoms with van der Waals surface area (Å²) in [6.45, 7) is 3.00. The second-order valence-corrected chi connectivity index (χ2v) is 5.18. The molecule has 0 saturated carbocycles. The molecule has 0 aliphatic carbocycles. The molecule has 86 valence electrons. The molecule has 0 fully saturated rings. The van der Waals surface area contributed by atoms with Crippen molar-refractivity contribution >= 4 is 32.5 Å². The Morgan fingerprint density at radius 3 is 2.82 bits per heavy atom. The van der Waals surface area contributed by atoms with Gasteiger partial charge in [-0.2, -0.15) is 0 Å². The molecule has 3 rings (SSSR count). The average molecular weight is 289 g/mol. The quantitative estimate of drug-likeness (QED) is 0.855. The van der Waals surface area contributed by atoms with Crippen LogP contribution in [0.15, 0.2) is 45.9 Å². The standard InChI is InChI=1S/C14H13BrN2/c1-9-8-16-14(17-9)12-7-6-10-4-2-3-5-11(10)13(12)15/h2-7,9H,8H2,1H3,(H,16,17). The predicted octanol–water partition coefficient (Wildman–Crippen LogP) is 3.34. The monoisotopic (exact) mass is 288 g/mol. The highest BCUT2D eigenvalue weighted by Crippen LogP contribution is 2.28. The molecule has 0 spiro atoms. The highest BCUT2D eigenvalue weighted by atomic mass is 79.9. The summed E-state index contributed by atoms with van der Waals surface area (Å²) in [4.78, 5) is 4.53. The third-order valence-corrected chi connectivity index (χ3v) is 3.88. The van der Waals surface area contributed by atoms with Gasteiger partial charge in [-0.1, -0.05) is 30.3 Å². The molecular weight excluding hydrogens is 276 g/mol. The normalized spacial score (nSPS) is 19.2. The first-order chi connectivity index (χ1) is 8.25. The predicted molar refractivity (Wildman–Crippen MR) is 75.6 cm³/mol. The molecule has 0 bridgehead atoms. The summed E-state index contributed by atoms with van der Waals surface area (Å²) in [5.74, 6) is 0.995. The van der Waals surface area contributed by atoms with Crippen molar-refractivity contribution < 1.29 is 0 Å². The van der Waals surface area contributed by atoms with Crippen LogP contribution in [0.3, 0.4) is 0 Å². The number of rotatable bonds is 1. The van der Waals surface area contributed by atoms with Crippen molar-refractivity contribution in [1.82, 2.24) is 5.32 Å². The fraction of sp³-hybridized carbons (Fsp3) is 0.214. The maximum atomic E-state index is 4.53. The largest absolute Gasteiger partial charge is 0.366 e. The van der Waals surface area contributed by atoms with Gasteiger partial charge >= 0.3 is 0 Å². The van der Waals surface area contributed by atoms with E-state index in [1.807, 2.05) is 0 Å². The van der Waals surface area contributed by atoms with Crippen LogP contribution in [0.2, 0.25) is 0 Å². The minimum Gasteiger partial charge on any atom is -0.366 e. The number of benzene rings is 2. The van der Waals surface area contributed by atoms with Gasteiger partial charge in [0.25, 0.3) is 0 Å². The van der Waals surface area contributed by atoms with Crippen LogP contribution in [-0.2, 0) is 0 Å². The van der Waals surface area contributed by atoms with Crippen molar-refractivity contribution in [2.24, 2.45) is 4.99 Å². The summed E-state index contributed by atoms with van der Waals surface area (Å²) in [6, 6.07) is 13.1. The molecule has 0 saturated heterocycles. The molecule has 2 aromatic rings. The fourth-order valence-electron chi connectivity index (χ4n) is 2.13. The number of halogens is 1. The Morgan fingerprint density at radius 2 is 2.06 bits per heavy atom. The number of aliphatic imine (C=N–C) groups is 1. The molecule has 1 heterocycles. The van der Waals surface area contributed by atoms with E-state index in [1.54, 1.807) is 0 Å². The van der Waals surface area contributed by atoms with Gasteiger partial charge in [-0.05, 0) is 39.7 Å². The van der Waals surface area contributed by atoms with Gasteiger partial charge in [-0.25, -0.2) is 0 Å². The summed E-state index contributed by atoms with van der Waals surface area (Å²) in [5, 5.41) is 5.87. The van der Waals surface area contributed by atoms with E-state index in [0.29, 0.717) is 6.04 Å². The van der Waals surface area contributed by atoms with E-state index >= 15 is 0 Å². The summed E-state index contributed by atoms with van der Waals surface area (Å²) >= 11 is 3.69. The van der Waals surface area contributed by atoms with Crippen LogP contribution in [0.5, 0.6) is 0 Å². The first-order valence-electron chi connectivity index (χ1n) is 5.74. The Hall–Kier alpha value is -1.35. The molecule has 1 atom stereocenters. The van der Waals surface area contributed by atoms with Crippen LogP contribution in [0.4, 0.5) is 0 Å². The van der Waals surface area contributed by atoms with Gasteiger partial charge in [-0.3, -0.25) is 4.99 Å².